The Morgan fingerprint density at radius 2 is 1.92 bits per heavy atom. The van der Waals surface area contributed by atoms with Crippen molar-refractivity contribution in [2.45, 2.75) is 76.4 Å². The van der Waals surface area contributed by atoms with E-state index in [1.807, 2.05) is 6.07 Å². The van der Waals surface area contributed by atoms with Gasteiger partial charge in [-0.05, 0) is 57.0 Å². The van der Waals surface area contributed by atoms with E-state index >= 15 is 4.39 Å². The van der Waals surface area contributed by atoms with E-state index in [1.165, 1.54) is 12.0 Å². The molecule has 0 radical (unpaired) electrons. The maximum atomic E-state index is 15.0. The number of benzene rings is 2. The Balaban J connectivity index is 1.53. The number of carbonyl (C=O) groups is 3. The summed E-state index contributed by atoms with van der Waals surface area (Å²) in [4.78, 5) is 47.6. The van der Waals surface area contributed by atoms with E-state index in [0.717, 1.165) is 6.07 Å². The van der Waals surface area contributed by atoms with Crippen LogP contribution in [-0.4, -0.2) is 58.8 Å². The number of aromatic nitrogens is 2. The third-order valence-corrected chi connectivity index (χ3v) is 8.59. The highest BCUT2D eigenvalue weighted by Crippen LogP contribution is 2.43. The fraction of sp³-hybridized carbons (Fsp3) is 0.424. The average Bonchev–Trinajstić information content (AvgIpc) is 3.48. The average molecular weight is 721 g/mol. The van der Waals surface area contributed by atoms with Crippen molar-refractivity contribution in [2.24, 2.45) is 0 Å². The number of cyclic esters (lactones) is 1. The van der Waals surface area contributed by atoms with E-state index in [4.69, 9.17) is 25.8 Å². The first-order valence-electron chi connectivity index (χ1n) is 15.7. The second-order valence-corrected chi connectivity index (χ2v) is 12.4. The summed E-state index contributed by atoms with van der Waals surface area (Å²) in [5.41, 5.74) is -0.913. The maximum Gasteiger partial charge on any atom is 0.416 e. The molecule has 2 aliphatic heterocycles. The van der Waals surface area contributed by atoms with Gasteiger partial charge in [-0.25, -0.2) is 23.8 Å². The molecule has 5 rings (SSSR count). The molecule has 2 bridgehead atoms. The molecule has 2 aliphatic rings. The molecule has 12 nitrogen and oxygen atoms in total. The second kappa shape index (κ2) is 14.8. The van der Waals surface area contributed by atoms with E-state index in [-0.39, 0.29) is 43.0 Å². The van der Waals surface area contributed by atoms with Crippen molar-refractivity contribution in [1.29, 1.82) is 5.26 Å². The number of nitriles is 1. The number of esters is 1. The van der Waals surface area contributed by atoms with Crippen molar-refractivity contribution in [3.63, 3.8) is 0 Å². The number of carbonyl (C=O) groups excluding carboxylic acids is 3. The number of ether oxygens (including phenoxy) is 3. The monoisotopic (exact) mass is 720 g/mol. The van der Waals surface area contributed by atoms with Crippen LogP contribution in [0.3, 0.4) is 0 Å². The van der Waals surface area contributed by atoms with Crippen LogP contribution in [0.2, 0.25) is 5.02 Å². The van der Waals surface area contributed by atoms with Crippen molar-refractivity contribution in [1.82, 2.24) is 14.9 Å². The molecule has 3 unspecified atom stereocenters. The normalized spacial score (nSPS) is 19.6. The molecule has 1 fully saturated rings. The second-order valence-electron chi connectivity index (χ2n) is 12.0. The quantitative estimate of drug-likeness (QED) is 0.135. The standard InChI is InChI=1S/C33H33ClF4N6O6/c1-16(2)49-30(45)21-6-4-5-7-24(44-13-12-25(50-32(44)47)26-19(33(36,37)38)10-11-20(34)27(26)35)29-42-23(15-39)28(43-29)18-9-8-17(14-22(18)41-21)40-31(46)48-3/h8-11,14,16,21,24-25,41H,4-7,12-13H2,1-3H3,(H,40,46)(H,42,43). The molecule has 17 heteroatoms. The molecule has 0 saturated carbocycles. The fourth-order valence-electron chi connectivity index (χ4n) is 6.04. The highest BCUT2D eigenvalue weighted by Gasteiger charge is 2.42. The number of methoxy groups -OCH3 is 1. The van der Waals surface area contributed by atoms with Crippen molar-refractivity contribution in [3.05, 3.63) is 63.8 Å². The van der Waals surface area contributed by atoms with E-state index in [2.05, 4.69) is 20.6 Å². The number of anilines is 2. The zero-order valence-corrected chi connectivity index (χ0v) is 27.9. The van der Waals surface area contributed by atoms with Crippen LogP contribution in [-0.2, 0) is 25.2 Å². The number of nitrogens with zero attached hydrogens (tertiary/aromatic N) is 3. The van der Waals surface area contributed by atoms with E-state index < -0.39 is 70.6 Å². The maximum absolute atomic E-state index is 15.0. The molecule has 1 aromatic heterocycles. The molecule has 1 saturated heterocycles. The van der Waals surface area contributed by atoms with Gasteiger partial charge in [-0.15, -0.1) is 0 Å². The third-order valence-electron chi connectivity index (χ3n) is 8.30. The van der Waals surface area contributed by atoms with Crippen molar-refractivity contribution in [3.8, 4) is 17.3 Å². The van der Waals surface area contributed by atoms with Gasteiger partial charge in [0.05, 0.1) is 35.5 Å². The molecule has 3 N–H and O–H groups in total. The highest BCUT2D eigenvalue weighted by molar-refractivity contribution is 6.30. The first kappa shape index (κ1) is 36.2. The van der Waals surface area contributed by atoms with Crippen LogP contribution in [0.25, 0.3) is 11.3 Å². The number of nitrogens with one attached hydrogen (secondary N) is 3. The molecule has 0 aliphatic carbocycles. The summed E-state index contributed by atoms with van der Waals surface area (Å²) in [5, 5.41) is 15.3. The molecule has 3 heterocycles. The minimum Gasteiger partial charge on any atom is -0.461 e. The number of rotatable bonds is 5. The molecule has 2 aromatic carbocycles. The Kier molecular flexibility index (Phi) is 10.8. The molecule has 3 atom stereocenters. The van der Waals surface area contributed by atoms with E-state index in [9.17, 15) is 32.8 Å². The lowest BCUT2D eigenvalue weighted by molar-refractivity contribution is -0.148. The summed E-state index contributed by atoms with van der Waals surface area (Å²) >= 11 is 5.82. The number of amides is 2. The minimum atomic E-state index is -4.93. The zero-order chi connectivity index (χ0) is 36.3. The Hall–Kier alpha value is -5.04. The van der Waals surface area contributed by atoms with Gasteiger partial charge < -0.3 is 24.5 Å². The van der Waals surface area contributed by atoms with Crippen LogP contribution in [0.4, 0.5) is 38.5 Å². The van der Waals surface area contributed by atoms with Gasteiger partial charge in [0.1, 0.15) is 29.9 Å². The predicted octanol–water partition coefficient (Wildman–Crippen LogP) is 7.87. The lowest BCUT2D eigenvalue weighted by Gasteiger charge is -2.37. The zero-order valence-electron chi connectivity index (χ0n) is 27.1. The summed E-state index contributed by atoms with van der Waals surface area (Å²) in [6.07, 6.45) is -7.43. The Bertz CT molecular complexity index is 1830. The number of halogens is 5. The topological polar surface area (TPSA) is 159 Å². The summed E-state index contributed by atoms with van der Waals surface area (Å²) in [6, 6.07) is 6.48. The van der Waals surface area contributed by atoms with Gasteiger partial charge in [-0.3, -0.25) is 10.2 Å². The molecule has 0 spiro atoms. The van der Waals surface area contributed by atoms with Gasteiger partial charge in [-0.2, -0.15) is 18.4 Å². The number of H-pyrrole nitrogens is 1. The number of imidazole rings is 1. The lowest BCUT2D eigenvalue weighted by Crippen LogP contribution is -2.42. The van der Waals surface area contributed by atoms with Gasteiger partial charge in [0.25, 0.3) is 0 Å². The van der Waals surface area contributed by atoms with Crippen LogP contribution < -0.4 is 10.6 Å². The summed E-state index contributed by atoms with van der Waals surface area (Å²) < 4.78 is 72.2. The smallest absolute Gasteiger partial charge is 0.416 e. The first-order chi connectivity index (χ1) is 23.7. The molecule has 2 amide bonds. The van der Waals surface area contributed by atoms with Crippen LogP contribution in [0.15, 0.2) is 30.3 Å². The third kappa shape index (κ3) is 7.72. The van der Waals surface area contributed by atoms with Crippen LogP contribution in [0.1, 0.15) is 80.7 Å². The fourth-order valence-corrected chi connectivity index (χ4v) is 6.21. The van der Waals surface area contributed by atoms with Crippen molar-refractivity contribution < 1.29 is 46.2 Å². The molecular weight excluding hydrogens is 688 g/mol. The van der Waals surface area contributed by atoms with Gasteiger partial charge in [0, 0.05) is 35.5 Å². The van der Waals surface area contributed by atoms with Crippen LogP contribution >= 0.6 is 11.6 Å². The van der Waals surface area contributed by atoms with Crippen LogP contribution in [0, 0.1) is 17.1 Å². The molecular formula is C33H33ClF4N6O6. The number of aromatic amines is 1. The lowest BCUT2D eigenvalue weighted by atomic mass is 9.96. The number of hydrogen-bond donors (Lipinski definition) is 3. The van der Waals surface area contributed by atoms with Crippen molar-refractivity contribution >= 4 is 41.1 Å². The van der Waals surface area contributed by atoms with Gasteiger partial charge in [0.15, 0.2) is 5.69 Å². The molecule has 266 valence electrons. The number of hydrogen-bond acceptors (Lipinski definition) is 9. The summed E-state index contributed by atoms with van der Waals surface area (Å²) in [7, 11) is 1.20. The molecule has 3 aromatic rings. The van der Waals surface area contributed by atoms with Gasteiger partial charge >= 0.3 is 24.3 Å². The van der Waals surface area contributed by atoms with E-state index in [1.54, 1.807) is 32.0 Å². The minimum absolute atomic E-state index is 0.0543. The first-order valence-corrected chi connectivity index (χ1v) is 16.1. The SMILES string of the molecule is COC(=O)Nc1ccc2c(c1)NC(C(=O)OC(C)C)CCCCC(N1CCC(c3c(C(F)(F)F)ccc(Cl)c3F)OC1=O)c1nc(C#N)c-2[nH]1. The number of alkyl halides is 3. The van der Waals surface area contributed by atoms with Gasteiger partial charge in [0.2, 0.25) is 0 Å². The highest BCUT2D eigenvalue weighted by atomic mass is 35.5. The van der Waals surface area contributed by atoms with Crippen LogP contribution in [0.5, 0.6) is 0 Å². The Morgan fingerprint density at radius 3 is 2.58 bits per heavy atom. The Morgan fingerprint density at radius 1 is 1.18 bits per heavy atom. The summed E-state index contributed by atoms with van der Waals surface area (Å²) in [5.74, 6) is -1.65. The van der Waals surface area contributed by atoms with Gasteiger partial charge in [-0.1, -0.05) is 24.4 Å². The largest absolute Gasteiger partial charge is 0.461 e. The summed E-state index contributed by atoms with van der Waals surface area (Å²) in [6.45, 7) is 3.28. The number of fused-ring (bicyclic) bond motifs is 4. The van der Waals surface area contributed by atoms with E-state index in [0.29, 0.717) is 35.8 Å². The molecule has 50 heavy (non-hydrogen) atoms. The predicted molar refractivity (Wildman–Crippen MR) is 172 cm³/mol. The van der Waals surface area contributed by atoms with Crippen molar-refractivity contribution in [2.75, 3.05) is 24.3 Å². The Labute approximate surface area is 289 Å².